The van der Waals surface area contributed by atoms with Gasteiger partial charge in [-0.25, -0.2) is 0 Å². The third kappa shape index (κ3) is 2.46. The number of pyridine rings is 1. The third-order valence-electron chi connectivity index (χ3n) is 5.51. The van der Waals surface area contributed by atoms with E-state index < -0.39 is 0 Å². The molecule has 1 N–H and O–H groups in total. The van der Waals surface area contributed by atoms with Gasteiger partial charge in [-0.15, -0.1) is 0 Å². The van der Waals surface area contributed by atoms with Crippen LogP contribution in [-0.2, 0) is 0 Å². The van der Waals surface area contributed by atoms with Crippen molar-refractivity contribution in [2.75, 3.05) is 0 Å². The number of nitrogens with one attached hydrogen (secondary N) is 1. The van der Waals surface area contributed by atoms with Crippen molar-refractivity contribution >= 4 is 43.3 Å². The first-order valence-electron chi connectivity index (χ1n) is 9.57. The Hall–Kier alpha value is -3.37. The minimum Gasteiger partial charge on any atom is -0.351 e. The van der Waals surface area contributed by atoms with E-state index in [-0.39, 0.29) is 0 Å². The monoisotopic (exact) mass is 438 g/mol. The number of H-pyrrole nitrogens is 1. The van der Waals surface area contributed by atoms with E-state index in [1.807, 2.05) is 6.07 Å². The molecule has 0 bridgehead atoms. The van der Waals surface area contributed by atoms with Gasteiger partial charge in [0, 0.05) is 26.3 Å². The maximum atomic E-state index is 3.78. The largest absolute Gasteiger partial charge is 0.351 e. The van der Waals surface area contributed by atoms with Crippen molar-refractivity contribution in [2.24, 2.45) is 0 Å². The van der Waals surface area contributed by atoms with Crippen molar-refractivity contribution < 1.29 is 4.40 Å². The number of aromatic nitrogens is 3. The molecule has 6 rings (SSSR count). The van der Waals surface area contributed by atoms with Crippen LogP contribution in [0.15, 0.2) is 102 Å². The summed E-state index contributed by atoms with van der Waals surface area (Å²) in [5, 5.41) is 2.48. The number of hydrogen-bond acceptors (Lipinski definition) is 0. The summed E-state index contributed by atoms with van der Waals surface area (Å²) in [6.07, 6.45) is 4.31. The molecule has 0 spiro atoms. The molecule has 0 aliphatic rings. The van der Waals surface area contributed by atoms with Crippen LogP contribution in [0.4, 0.5) is 0 Å². The van der Waals surface area contributed by atoms with Crippen molar-refractivity contribution in [3.63, 3.8) is 0 Å². The second-order valence-corrected chi connectivity index (χ2v) is 8.03. The van der Waals surface area contributed by atoms with Crippen LogP contribution in [0.25, 0.3) is 44.3 Å². The summed E-state index contributed by atoms with van der Waals surface area (Å²) in [5.74, 6) is 0. The smallest absolute Gasteiger partial charge is 0.254 e. The van der Waals surface area contributed by atoms with Gasteiger partial charge >= 0.3 is 0 Å². The minimum atomic E-state index is 1.07. The van der Waals surface area contributed by atoms with Gasteiger partial charge in [0.1, 0.15) is 5.69 Å². The van der Waals surface area contributed by atoms with Gasteiger partial charge < -0.3 is 4.98 Å². The van der Waals surface area contributed by atoms with Crippen LogP contribution in [0, 0.1) is 0 Å². The van der Waals surface area contributed by atoms with Crippen LogP contribution in [0.2, 0.25) is 0 Å². The molecule has 0 aliphatic heterocycles. The Kier molecular flexibility index (Phi) is 3.61. The Balaban J connectivity index is 1.83. The fraction of sp³-hybridized carbons (Fsp3) is 0. The van der Waals surface area contributed by atoms with E-state index in [4.69, 9.17) is 0 Å². The van der Waals surface area contributed by atoms with Crippen LogP contribution >= 0.6 is 15.9 Å². The van der Waals surface area contributed by atoms with Crippen molar-refractivity contribution in [1.82, 2.24) is 9.55 Å². The second kappa shape index (κ2) is 6.33. The van der Waals surface area contributed by atoms with Gasteiger partial charge in [-0.3, -0.25) is 0 Å². The van der Waals surface area contributed by atoms with Gasteiger partial charge in [0.25, 0.3) is 6.33 Å². The Morgan fingerprint density at radius 3 is 2.38 bits per heavy atom. The number of halogens is 1. The average Bonchev–Trinajstić information content (AvgIpc) is 3.33. The highest BCUT2D eigenvalue weighted by Gasteiger charge is 2.25. The summed E-state index contributed by atoms with van der Waals surface area (Å²) in [7, 11) is 0. The van der Waals surface area contributed by atoms with Crippen molar-refractivity contribution in [3.05, 3.63) is 102 Å². The lowest BCUT2D eigenvalue weighted by Gasteiger charge is -2.04. The first kappa shape index (κ1) is 16.6. The maximum absolute atomic E-state index is 3.78. The molecule has 3 aromatic carbocycles. The van der Waals surface area contributed by atoms with E-state index >= 15 is 0 Å². The first-order chi connectivity index (χ1) is 14.3. The van der Waals surface area contributed by atoms with E-state index in [0.717, 1.165) is 38.0 Å². The highest BCUT2D eigenvalue weighted by Crippen LogP contribution is 2.36. The zero-order valence-electron chi connectivity index (χ0n) is 15.5. The SMILES string of the molecule is Brc1ccccc1-c1c2c3[nH]c4ccccc4c3cc[n+]2cn1-c1ccccc1. The molecule has 138 valence electrons. The number of para-hydroxylation sites is 2. The topological polar surface area (TPSA) is 24.8 Å². The molecule has 4 heteroatoms. The van der Waals surface area contributed by atoms with E-state index in [0.29, 0.717) is 0 Å². The third-order valence-corrected chi connectivity index (χ3v) is 6.20. The van der Waals surface area contributed by atoms with Gasteiger partial charge in [-0.1, -0.05) is 64.5 Å². The summed E-state index contributed by atoms with van der Waals surface area (Å²) < 4.78 is 5.55. The molecule has 0 unspecified atom stereocenters. The average molecular weight is 439 g/mol. The molecule has 0 aliphatic carbocycles. The molecule has 0 saturated carbocycles. The Bertz CT molecular complexity index is 1510. The molecule has 3 aromatic heterocycles. The van der Waals surface area contributed by atoms with Gasteiger partial charge in [0.05, 0.1) is 11.7 Å². The van der Waals surface area contributed by atoms with Crippen LogP contribution in [-0.4, -0.2) is 9.55 Å². The second-order valence-electron chi connectivity index (χ2n) is 7.18. The lowest BCUT2D eigenvalue weighted by molar-refractivity contribution is -0.510. The maximum Gasteiger partial charge on any atom is 0.254 e. The zero-order valence-corrected chi connectivity index (χ0v) is 17.1. The Morgan fingerprint density at radius 1 is 0.759 bits per heavy atom. The lowest BCUT2D eigenvalue weighted by Crippen LogP contribution is -2.17. The molecule has 3 nitrogen and oxygen atoms in total. The molecule has 0 fully saturated rings. The standard InChI is InChI=1S/C25H17BrN3/c26-21-12-6-4-11-20(21)24-25-23-19(18-10-5-7-13-22(18)27-23)14-15-28(25)16-29(24)17-8-2-1-3-9-17/h1-16,27H/q+1. The van der Waals surface area contributed by atoms with E-state index in [9.17, 15) is 0 Å². The molecular weight excluding hydrogens is 422 g/mol. The number of fused-ring (bicyclic) bond motifs is 5. The van der Waals surface area contributed by atoms with E-state index in [2.05, 4.69) is 121 Å². The Morgan fingerprint density at radius 2 is 1.52 bits per heavy atom. The lowest BCUT2D eigenvalue weighted by atomic mass is 10.1. The molecule has 0 radical (unpaired) electrons. The first-order valence-corrected chi connectivity index (χ1v) is 10.4. The number of imidazole rings is 1. The number of rotatable bonds is 2. The molecule has 0 amide bonds. The van der Waals surface area contributed by atoms with Crippen LogP contribution < -0.4 is 4.40 Å². The summed E-state index contributed by atoms with van der Waals surface area (Å²) in [4.78, 5) is 3.67. The van der Waals surface area contributed by atoms with Gasteiger partial charge in [-0.2, -0.15) is 8.97 Å². The highest BCUT2D eigenvalue weighted by molar-refractivity contribution is 9.10. The number of benzene rings is 3. The fourth-order valence-corrected chi connectivity index (χ4v) is 4.68. The van der Waals surface area contributed by atoms with Gasteiger partial charge in [0.2, 0.25) is 5.52 Å². The number of hydrogen-bond donors (Lipinski definition) is 1. The predicted molar refractivity (Wildman–Crippen MR) is 121 cm³/mol. The molecule has 0 atom stereocenters. The molecule has 29 heavy (non-hydrogen) atoms. The van der Waals surface area contributed by atoms with Crippen molar-refractivity contribution in [2.45, 2.75) is 0 Å². The van der Waals surface area contributed by atoms with Crippen LogP contribution in [0.1, 0.15) is 0 Å². The fourth-order valence-electron chi connectivity index (χ4n) is 4.21. The van der Waals surface area contributed by atoms with Crippen molar-refractivity contribution in [1.29, 1.82) is 0 Å². The van der Waals surface area contributed by atoms with Crippen LogP contribution in [0.3, 0.4) is 0 Å². The summed E-state index contributed by atoms with van der Waals surface area (Å²) in [5.41, 5.74) is 6.90. The predicted octanol–water partition coefficient (Wildman–Crippen LogP) is 6.28. The van der Waals surface area contributed by atoms with E-state index in [1.54, 1.807) is 0 Å². The number of aromatic amines is 1. The van der Waals surface area contributed by atoms with Gasteiger partial charge in [0.15, 0.2) is 5.69 Å². The highest BCUT2D eigenvalue weighted by atomic mass is 79.9. The Labute approximate surface area is 176 Å². The summed E-state index contributed by atoms with van der Waals surface area (Å²) >= 11 is 3.78. The minimum absolute atomic E-state index is 1.07. The van der Waals surface area contributed by atoms with Crippen LogP contribution in [0.5, 0.6) is 0 Å². The molecular formula is C25H17BrN3+. The van der Waals surface area contributed by atoms with E-state index in [1.165, 1.54) is 10.8 Å². The molecule has 0 saturated heterocycles. The normalized spacial score (nSPS) is 11.6. The molecule has 6 aromatic rings. The molecule has 3 heterocycles. The zero-order chi connectivity index (χ0) is 19.4. The van der Waals surface area contributed by atoms with Crippen molar-refractivity contribution in [3.8, 4) is 16.9 Å². The quantitative estimate of drug-likeness (QED) is 0.307. The van der Waals surface area contributed by atoms with Gasteiger partial charge in [-0.05, 0) is 36.4 Å². The summed E-state index contributed by atoms with van der Waals surface area (Å²) in [6, 6.07) is 29.6. The number of nitrogens with zero attached hydrogens (tertiary/aromatic N) is 2. The summed E-state index contributed by atoms with van der Waals surface area (Å²) in [6.45, 7) is 0.